The van der Waals surface area contributed by atoms with E-state index in [0.717, 1.165) is 24.3 Å². The van der Waals surface area contributed by atoms with Gasteiger partial charge in [0.25, 0.3) is 5.56 Å². The summed E-state index contributed by atoms with van der Waals surface area (Å²) in [6, 6.07) is 9.81. The van der Waals surface area contributed by atoms with Crippen LogP contribution in [0.25, 0.3) is 0 Å². The Balaban J connectivity index is 1.87. The first-order valence-electron chi connectivity index (χ1n) is 8.09. The van der Waals surface area contributed by atoms with Gasteiger partial charge in [-0.05, 0) is 23.8 Å². The molecule has 0 amide bonds. The fourth-order valence-corrected chi connectivity index (χ4v) is 3.67. The van der Waals surface area contributed by atoms with Gasteiger partial charge in [-0.15, -0.1) is 0 Å². The predicted octanol–water partition coefficient (Wildman–Crippen LogP) is 3.43. The van der Waals surface area contributed by atoms with E-state index in [-0.39, 0.29) is 10.6 Å². The highest BCUT2D eigenvalue weighted by molar-refractivity contribution is 6.33. The van der Waals surface area contributed by atoms with Crippen LogP contribution in [0.1, 0.15) is 25.8 Å². The second-order valence-corrected chi connectivity index (χ2v) is 7.02. The third-order valence-corrected chi connectivity index (χ3v) is 4.71. The SMILES string of the molecule is CC1CC(C)CN(c2cnn(Cc3ccccc3)c(=O)c2Cl)C1. The summed E-state index contributed by atoms with van der Waals surface area (Å²) in [5.74, 6) is 1.20. The van der Waals surface area contributed by atoms with Crippen LogP contribution < -0.4 is 10.5 Å². The summed E-state index contributed by atoms with van der Waals surface area (Å²) >= 11 is 6.38. The first-order chi connectivity index (χ1) is 11.0. The van der Waals surface area contributed by atoms with E-state index in [1.165, 1.54) is 11.1 Å². The predicted molar refractivity (Wildman–Crippen MR) is 94.2 cm³/mol. The molecule has 23 heavy (non-hydrogen) atoms. The minimum atomic E-state index is -0.223. The molecule has 0 radical (unpaired) electrons. The summed E-state index contributed by atoms with van der Waals surface area (Å²) in [4.78, 5) is 14.7. The monoisotopic (exact) mass is 331 g/mol. The smallest absolute Gasteiger partial charge is 0.287 e. The maximum Gasteiger partial charge on any atom is 0.287 e. The summed E-state index contributed by atoms with van der Waals surface area (Å²) in [5, 5.41) is 4.61. The minimum absolute atomic E-state index is 0.223. The second-order valence-electron chi connectivity index (χ2n) is 6.64. The molecule has 0 aliphatic carbocycles. The van der Waals surface area contributed by atoms with Gasteiger partial charge in [-0.3, -0.25) is 4.79 Å². The first-order valence-corrected chi connectivity index (χ1v) is 8.47. The molecule has 2 atom stereocenters. The molecule has 4 nitrogen and oxygen atoms in total. The minimum Gasteiger partial charge on any atom is -0.368 e. The molecule has 1 aromatic heterocycles. The molecule has 3 rings (SSSR count). The fraction of sp³-hybridized carbons (Fsp3) is 0.444. The van der Waals surface area contributed by atoms with Crippen LogP contribution in [0.3, 0.4) is 0 Å². The van der Waals surface area contributed by atoms with Crippen molar-refractivity contribution in [3.8, 4) is 0 Å². The van der Waals surface area contributed by atoms with E-state index in [0.29, 0.717) is 18.4 Å². The highest BCUT2D eigenvalue weighted by Gasteiger charge is 2.24. The number of hydrogen-bond acceptors (Lipinski definition) is 3. The Hall–Kier alpha value is -1.81. The van der Waals surface area contributed by atoms with E-state index < -0.39 is 0 Å². The van der Waals surface area contributed by atoms with Gasteiger partial charge >= 0.3 is 0 Å². The van der Waals surface area contributed by atoms with E-state index >= 15 is 0 Å². The van der Waals surface area contributed by atoms with Gasteiger partial charge in [0.2, 0.25) is 0 Å². The van der Waals surface area contributed by atoms with Crippen LogP contribution in [0.2, 0.25) is 5.02 Å². The molecule has 2 aromatic rings. The average molecular weight is 332 g/mol. The molecule has 0 saturated carbocycles. The molecular formula is C18H22ClN3O. The molecule has 2 unspecified atom stereocenters. The van der Waals surface area contributed by atoms with Crippen LogP contribution in [-0.4, -0.2) is 22.9 Å². The number of nitrogens with zero attached hydrogens (tertiary/aromatic N) is 3. The summed E-state index contributed by atoms with van der Waals surface area (Å²) in [6.07, 6.45) is 2.95. The van der Waals surface area contributed by atoms with Crippen molar-refractivity contribution >= 4 is 17.3 Å². The maximum atomic E-state index is 12.5. The Morgan fingerprint density at radius 3 is 2.48 bits per heavy atom. The highest BCUT2D eigenvalue weighted by Crippen LogP contribution is 2.29. The van der Waals surface area contributed by atoms with E-state index in [9.17, 15) is 4.79 Å². The number of halogens is 1. The third kappa shape index (κ3) is 3.58. The highest BCUT2D eigenvalue weighted by atomic mass is 35.5. The number of benzene rings is 1. The van der Waals surface area contributed by atoms with Gasteiger partial charge in [0, 0.05) is 13.1 Å². The van der Waals surface area contributed by atoms with Gasteiger partial charge in [0.1, 0.15) is 5.02 Å². The second kappa shape index (κ2) is 6.75. The summed E-state index contributed by atoms with van der Waals surface area (Å²) in [7, 11) is 0. The van der Waals surface area contributed by atoms with Gasteiger partial charge in [-0.1, -0.05) is 55.8 Å². The van der Waals surface area contributed by atoms with E-state index in [2.05, 4.69) is 23.8 Å². The molecule has 1 aliphatic rings. The largest absolute Gasteiger partial charge is 0.368 e. The zero-order valence-corrected chi connectivity index (χ0v) is 14.3. The Kier molecular flexibility index (Phi) is 4.71. The van der Waals surface area contributed by atoms with E-state index in [1.54, 1.807) is 6.20 Å². The molecule has 1 fully saturated rings. The lowest BCUT2D eigenvalue weighted by Gasteiger charge is -2.36. The third-order valence-electron chi connectivity index (χ3n) is 4.35. The van der Waals surface area contributed by atoms with Crippen molar-refractivity contribution in [3.63, 3.8) is 0 Å². The molecule has 2 heterocycles. The average Bonchev–Trinajstić information content (AvgIpc) is 2.52. The van der Waals surface area contributed by atoms with Crippen LogP contribution in [-0.2, 0) is 6.54 Å². The summed E-state index contributed by atoms with van der Waals surface area (Å²) in [5.41, 5.74) is 1.57. The standard InChI is InChI=1S/C18H22ClN3O/c1-13-8-14(2)11-21(10-13)16-9-20-22(18(23)17(16)19)12-15-6-4-3-5-7-15/h3-7,9,13-14H,8,10-12H2,1-2H3. The van der Waals surface area contributed by atoms with Gasteiger partial charge in [0.15, 0.2) is 0 Å². The summed E-state index contributed by atoms with van der Waals surface area (Å²) in [6.45, 7) is 6.76. The van der Waals surface area contributed by atoms with Crippen molar-refractivity contribution in [1.82, 2.24) is 9.78 Å². The molecule has 0 spiro atoms. The number of aromatic nitrogens is 2. The molecule has 0 bridgehead atoms. The Morgan fingerprint density at radius 1 is 1.17 bits per heavy atom. The van der Waals surface area contributed by atoms with Crippen molar-refractivity contribution in [2.45, 2.75) is 26.8 Å². The molecule has 122 valence electrons. The van der Waals surface area contributed by atoms with Crippen molar-refractivity contribution in [1.29, 1.82) is 0 Å². The quantitative estimate of drug-likeness (QED) is 0.865. The zero-order chi connectivity index (χ0) is 16.4. The van der Waals surface area contributed by atoms with Crippen LogP contribution in [0.4, 0.5) is 5.69 Å². The van der Waals surface area contributed by atoms with Crippen molar-refractivity contribution in [3.05, 3.63) is 57.5 Å². The molecule has 1 aliphatic heterocycles. The Morgan fingerprint density at radius 2 is 1.83 bits per heavy atom. The molecular weight excluding hydrogens is 310 g/mol. The Labute approximate surface area is 141 Å². The van der Waals surface area contributed by atoms with Gasteiger partial charge in [-0.25, -0.2) is 4.68 Å². The molecule has 0 N–H and O–H groups in total. The first kappa shape index (κ1) is 16.1. The zero-order valence-electron chi connectivity index (χ0n) is 13.6. The number of piperidine rings is 1. The van der Waals surface area contributed by atoms with Crippen LogP contribution in [0.5, 0.6) is 0 Å². The van der Waals surface area contributed by atoms with Crippen molar-refractivity contribution < 1.29 is 0 Å². The topological polar surface area (TPSA) is 38.1 Å². The number of hydrogen-bond donors (Lipinski definition) is 0. The fourth-order valence-electron chi connectivity index (χ4n) is 3.41. The van der Waals surface area contributed by atoms with Gasteiger partial charge in [0.05, 0.1) is 18.4 Å². The van der Waals surface area contributed by atoms with Crippen LogP contribution in [0.15, 0.2) is 41.3 Å². The maximum absolute atomic E-state index is 12.5. The lowest BCUT2D eigenvalue weighted by Crippen LogP contribution is -2.40. The lowest BCUT2D eigenvalue weighted by atomic mass is 9.92. The van der Waals surface area contributed by atoms with E-state index in [4.69, 9.17) is 11.6 Å². The molecule has 5 heteroatoms. The van der Waals surface area contributed by atoms with Gasteiger partial charge < -0.3 is 4.90 Å². The van der Waals surface area contributed by atoms with Crippen molar-refractivity contribution in [2.24, 2.45) is 11.8 Å². The number of anilines is 1. The van der Waals surface area contributed by atoms with E-state index in [1.807, 2.05) is 30.3 Å². The number of rotatable bonds is 3. The molecule has 1 saturated heterocycles. The van der Waals surface area contributed by atoms with Crippen molar-refractivity contribution in [2.75, 3.05) is 18.0 Å². The van der Waals surface area contributed by atoms with Gasteiger partial charge in [-0.2, -0.15) is 5.10 Å². The van der Waals surface area contributed by atoms with Crippen LogP contribution in [0, 0.1) is 11.8 Å². The summed E-state index contributed by atoms with van der Waals surface area (Å²) < 4.78 is 1.43. The van der Waals surface area contributed by atoms with Crippen LogP contribution >= 0.6 is 11.6 Å². The molecule has 1 aromatic carbocycles. The Bertz CT molecular complexity index is 719. The lowest BCUT2D eigenvalue weighted by molar-refractivity contribution is 0.356. The normalized spacial score (nSPS) is 21.4.